The van der Waals surface area contributed by atoms with E-state index in [2.05, 4.69) is 16.0 Å². The summed E-state index contributed by atoms with van der Waals surface area (Å²) < 4.78 is 15.9. The second-order valence-corrected chi connectivity index (χ2v) is 14.1. The van der Waals surface area contributed by atoms with Crippen molar-refractivity contribution in [3.63, 3.8) is 0 Å². The number of amides is 4. The van der Waals surface area contributed by atoms with Crippen LogP contribution >= 0.6 is 23.1 Å². The predicted molar refractivity (Wildman–Crippen MR) is 201 cm³/mol. The Labute approximate surface area is 309 Å². The summed E-state index contributed by atoms with van der Waals surface area (Å²) in [6.07, 6.45) is 1.99. The Balaban J connectivity index is 1.33. The van der Waals surface area contributed by atoms with Crippen molar-refractivity contribution in [2.45, 2.75) is 37.0 Å². The minimum atomic E-state index is -0.606. The van der Waals surface area contributed by atoms with Crippen LogP contribution in [0.2, 0.25) is 0 Å². The molecule has 0 bridgehead atoms. The predicted octanol–water partition coefficient (Wildman–Crippen LogP) is 5.99. The highest BCUT2D eigenvalue weighted by molar-refractivity contribution is 8.00. The molecule has 0 aliphatic carbocycles. The van der Waals surface area contributed by atoms with Gasteiger partial charge in [-0.3, -0.25) is 19.2 Å². The monoisotopic (exact) mass is 742 g/mol. The Morgan fingerprint density at radius 2 is 1.69 bits per heavy atom. The molecular weight excluding hydrogens is 705 g/mol. The molecule has 0 fully saturated rings. The second-order valence-electron chi connectivity index (χ2n) is 11.6. The summed E-state index contributed by atoms with van der Waals surface area (Å²) in [5.41, 5.74) is 2.35. The summed E-state index contributed by atoms with van der Waals surface area (Å²) in [6.45, 7) is 4.07. The zero-order chi connectivity index (χ0) is 37.4. The highest BCUT2D eigenvalue weighted by atomic mass is 32.2. The minimum Gasteiger partial charge on any atom is -0.497 e. The number of nitrogens with one attached hydrogen (secondary N) is 3. The van der Waals surface area contributed by atoms with Crippen molar-refractivity contribution in [1.82, 2.24) is 10.2 Å². The fraction of sp³-hybridized carbons (Fsp3) is 0.237. The number of fused-ring (bicyclic) bond motifs is 1. The van der Waals surface area contributed by atoms with Crippen molar-refractivity contribution in [3.8, 4) is 11.5 Å². The Bertz CT molecular complexity index is 2030. The van der Waals surface area contributed by atoms with Gasteiger partial charge in [0.2, 0.25) is 11.8 Å². The standard InChI is InChI=1S/C38H38N4O8S2/c1-22(34(44)41-37-33(38(47)50-5)29-16-17-42(23(2)43)21-32(29)52-37)51-28-13-9-12-26(20-28)39-36(46)30(40-35(45)24-10-7-6-8-11-24)19-25-18-27(48-3)14-15-31(25)49-4/h6-15,18-20,22H,16-17,21H2,1-5H3,(H,39,46)(H,40,45)(H,41,44)/b30-19+. The van der Waals surface area contributed by atoms with Crippen molar-refractivity contribution in [2.75, 3.05) is 38.5 Å². The van der Waals surface area contributed by atoms with Crippen LogP contribution in [0.4, 0.5) is 10.7 Å². The van der Waals surface area contributed by atoms with Crippen LogP contribution < -0.4 is 25.4 Å². The van der Waals surface area contributed by atoms with Crippen LogP contribution in [0.5, 0.6) is 11.5 Å². The van der Waals surface area contributed by atoms with Gasteiger partial charge in [-0.15, -0.1) is 23.1 Å². The molecule has 5 rings (SSSR count). The molecule has 0 saturated carbocycles. The average molecular weight is 743 g/mol. The third kappa shape index (κ3) is 9.00. The Hall–Kier alpha value is -5.60. The molecule has 14 heteroatoms. The van der Waals surface area contributed by atoms with Gasteiger partial charge in [0.1, 0.15) is 22.2 Å². The first-order chi connectivity index (χ1) is 25.0. The van der Waals surface area contributed by atoms with E-state index in [9.17, 15) is 24.0 Å². The molecule has 0 saturated heterocycles. The van der Waals surface area contributed by atoms with E-state index in [0.29, 0.717) is 63.3 Å². The zero-order valence-electron chi connectivity index (χ0n) is 29.2. The molecule has 1 unspecified atom stereocenters. The molecule has 1 aliphatic rings. The minimum absolute atomic E-state index is 0.0438. The van der Waals surface area contributed by atoms with Gasteiger partial charge in [-0.05, 0) is 73.5 Å². The fourth-order valence-corrected chi connectivity index (χ4v) is 7.63. The number of methoxy groups -OCH3 is 3. The molecule has 4 aromatic rings. The van der Waals surface area contributed by atoms with Gasteiger partial charge in [0, 0.05) is 40.1 Å². The van der Waals surface area contributed by atoms with E-state index in [4.69, 9.17) is 14.2 Å². The molecule has 4 amide bonds. The van der Waals surface area contributed by atoms with E-state index in [-0.39, 0.29) is 17.5 Å². The van der Waals surface area contributed by atoms with E-state index in [1.807, 2.05) is 0 Å². The maximum absolute atomic E-state index is 13.7. The summed E-state index contributed by atoms with van der Waals surface area (Å²) in [7, 11) is 4.31. The van der Waals surface area contributed by atoms with Gasteiger partial charge in [0.25, 0.3) is 11.8 Å². The highest BCUT2D eigenvalue weighted by Crippen LogP contribution is 2.38. The van der Waals surface area contributed by atoms with E-state index in [0.717, 1.165) is 10.4 Å². The van der Waals surface area contributed by atoms with Gasteiger partial charge in [0.15, 0.2) is 0 Å². The van der Waals surface area contributed by atoms with E-state index < -0.39 is 23.0 Å². The molecule has 270 valence electrons. The lowest BCUT2D eigenvalue weighted by Crippen LogP contribution is -2.33. The molecule has 3 N–H and O–H groups in total. The number of benzene rings is 3. The topological polar surface area (TPSA) is 152 Å². The number of thiophene rings is 1. The van der Waals surface area contributed by atoms with Crippen LogP contribution in [0.15, 0.2) is 83.4 Å². The van der Waals surface area contributed by atoms with Crippen molar-refractivity contribution in [3.05, 3.63) is 106 Å². The Kier molecular flexibility index (Phi) is 12.4. The lowest BCUT2D eigenvalue weighted by molar-refractivity contribution is -0.129. The first-order valence-corrected chi connectivity index (χ1v) is 17.9. The molecule has 1 aliphatic heterocycles. The van der Waals surface area contributed by atoms with Crippen LogP contribution in [0.3, 0.4) is 0 Å². The average Bonchev–Trinajstić information content (AvgIpc) is 3.51. The van der Waals surface area contributed by atoms with Gasteiger partial charge in [-0.25, -0.2) is 4.79 Å². The molecule has 1 atom stereocenters. The lowest BCUT2D eigenvalue weighted by atomic mass is 10.0. The number of hydrogen-bond acceptors (Lipinski definition) is 10. The van der Waals surface area contributed by atoms with Crippen molar-refractivity contribution >= 4 is 69.5 Å². The molecule has 3 aromatic carbocycles. The van der Waals surface area contributed by atoms with Gasteiger partial charge in [-0.2, -0.15) is 0 Å². The number of carbonyl (C=O) groups excluding carboxylic acids is 5. The molecule has 0 radical (unpaired) electrons. The van der Waals surface area contributed by atoms with Crippen molar-refractivity contribution < 1.29 is 38.2 Å². The quantitative estimate of drug-likeness (QED) is 0.0904. The molecular formula is C38H38N4O8S2. The summed E-state index contributed by atoms with van der Waals surface area (Å²) in [4.78, 5) is 68.3. The molecule has 52 heavy (non-hydrogen) atoms. The number of anilines is 2. The molecule has 2 heterocycles. The van der Waals surface area contributed by atoms with Crippen LogP contribution in [-0.4, -0.2) is 67.6 Å². The number of carbonyl (C=O) groups is 5. The summed E-state index contributed by atoms with van der Waals surface area (Å²) in [6, 6.07) is 20.6. The van der Waals surface area contributed by atoms with Gasteiger partial charge >= 0.3 is 5.97 Å². The summed E-state index contributed by atoms with van der Waals surface area (Å²) >= 11 is 2.52. The zero-order valence-corrected chi connectivity index (χ0v) is 30.9. The molecule has 12 nitrogen and oxygen atoms in total. The number of esters is 1. The molecule has 1 aromatic heterocycles. The number of ether oxygens (including phenoxy) is 3. The van der Waals surface area contributed by atoms with E-state index in [1.54, 1.807) is 84.6 Å². The van der Waals surface area contributed by atoms with E-state index in [1.165, 1.54) is 57.4 Å². The maximum Gasteiger partial charge on any atom is 0.341 e. The lowest BCUT2D eigenvalue weighted by Gasteiger charge is -2.25. The van der Waals surface area contributed by atoms with Crippen LogP contribution in [0.1, 0.15) is 50.6 Å². The third-order valence-electron chi connectivity index (χ3n) is 8.17. The number of hydrogen-bond donors (Lipinski definition) is 3. The van der Waals surface area contributed by atoms with Crippen molar-refractivity contribution in [1.29, 1.82) is 0 Å². The summed E-state index contributed by atoms with van der Waals surface area (Å²) in [5.74, 6) is -1.03. The normalized spacial score (nSPS) is 12.9. The van der Waals surface area contributed by atoms with Gasteiger partial charge < -0.3 is 35.1 Å². The van der Waals surface area contributed by atoms with Crippen LogP contribution in [-0.2, 0) is 32.1 Å². The van der Waals surface area contributed by atoms with E-state index >= 15 is 0 Å². The Morgan fingerprint density at radius 3 is 2.38 bits per heavy atom. The summed E-state index contributed by atoms with van der Waals surface area (Å²) in [5, 5.41) is 8.24. The highest BCUT2D eigenvalue weighted by Gasteiger charge is 2.31. The van der Waals surface area contributed by atoms with Crippen molar-refractivity contribution in [2.24, 2.45) is 0 Å². The number of nitrogens with zero attached hydrogens (tertiary/aromatic N) is 1. The van der Waals surface area contributed by atoms with Gasteiger partial charge in [0.05, 0.1) is 38.7 Å². The fourth-order valence-electron chi connectivity index (χ4n) is 5.45. The van der Waals surface area contributed by atoms with Crippen LogP contribution in [0, 0.1) is 0 Å². The Morgan fingerprint density at radius 1 is 0.923 bits per heavy atom. The molecule has 0 spiro atoms. The number of rotatable bonds is 12. The van der Waals surface area contributed by atoms with Gasteiger partial charge in [-0.1, -0.05) is 24.3 Å². The first kappa shape index (κ1) is 37.7. The number of thioether (sulfide) groups is 1. The maximum atomic E-state index is 13.7. The largest absolute Gasteiger partial charge is 0.497 e. The first-order valence-electron chi connectivity index (χ1n) is 16.2. The second kappa shape index (κ2) is 17.1. The smallest absolute Gasteiger partial charge is 0.341 e. The van der Waals surface area contributed by atoms with Crippen LogP contribution in [0.25, 0.3) is 6.08 Å². The third-order valence-corrected chi connectivity index (χ3v) is 10.4. The SMILES string of the molecule is COC(=O)c1c(NC(=O)C(C)Sc2cccc(NC(=O)/C(=C\c3cc(OC)ccc3OC)NC(=O)c3ccccc3)c2)sc2c1CCN(C(C)=O)C2.